The Hall–Kier alpha value is -0.0800. The molecule has 4 N–H and O–H groups in total. The van der Waals surface area contributed by atoms with E-state index in [1.165, 1.54) is 38.9 Å². The predicted molar refractivity (Wildman–Crippen MR) is 46.3 cm³/mol. The van der Waals surface area contributed by atoms with E-state index in [2.05, 4.69) is 12.7 Å². The summed E-state index contributed by atoms with van der Waals surface area (Å²) in [5.74, 6) is 0.962. The van der Waals surface area contributed by atoms with E-state index in [-0.39, 0.29) is 0 Å². The fourth-order valence-electron chi connectivity index (χ4n) is 2.00. The molecule has 11 heavy (non-hydrogen) atoms. The van der Waals surface area contributed by atoms with Crippen molar-refractivity contribution in [3.63, 3.8) is 0 Å². The second-order valence-corrected chi connectivity index (χ2v) is 3.91. The number of rotatable bonds is 3. The van der Waals surface area contributed by atoms with Crippen LogP contribution in [0.2, 0.25) is 0 Å². The molecule has 2 atom stereocenters. The zero-order valence-electron chi connectivity index (χ0n) is 7.73. The van der Waals surface area contributed by atoms with Gasteiger partial charge in [0, 0.05) is 12.3 Å². The molecule has 0 saturated carbocycles. The molecule has 0 spiro atoms. The van der Waals surface area contributed by atoms with E-state index in [4.69, 9.17) is 0 Å². The standard InChI is InChI=1S/C9H20N2/c1-9-4-2-6-11(8-9)7-3-5-10/h9H,2-8,10H2,1H3/p+2/t9-/m0/s1. The summed E-state index contributed by atoms with van der Waals surface area (Å²) in [5, 5.41) is 0. The first-order valence-electron chi connectivity index (χ1n) is 4.95. The van der Waals surface area contributed by atoms with Gasteiger partial charge in [0.1, 0.15) is 0 Å². The number of likely N-dealkylation sites (tertiary alicyclic amines) is 1. The molecule has 1 fully saturated rings. The van der Waals surface area contributed by atoms with Crippen LogP contribution in [-0.4, -0.2) is 26.2 Å². The summed E-state index contributed by atoms with van der Waals surface area (Å²) >= 11 is 0. The molecule has 0 radical (unpaired) electrons. The minimum absolute atomic E-state index is 0.962. The van der Waals surface area contributed by atoms with E-state index in [1.54, 1.807) is 0 Å². The second-order valence-electron chi connectivity index (χ2n) is 3.91. The molecule has 0 amide bonds. The van der Waals surface area contributed by atoms with Crippen molar-refractivity contribution in [2.75, 3.05) is 26.2 Å². The van der Waals surface area contributed by atoms with Gasteiger partial charge in [-0.25, -0.2) is 0 Å². The molecule has 2 heteroatoms. The summed E-state index contributed by atoms with van der Waals surface area (Å²) in [4.78, 5) is 1.81. The van der Waals surface area contributed by atoms with Crippen LogP contribution in [-0.2, 0) is 0 Å². The lowest BCUT2D eigenvalue weighted by Crippen LogP contribution is -3.13. The van der Waals surface area contributed by atoms with Gasteiger partial charge in [0.25, 0.3) is 0 Å². The van der Waals surface area contributed by atoms with Crippen molar-refractivity contribution in [1.82, 2.24) is 0 Å². The molecule has 1 heterocycles. The van der Waals surface area contributed by atoms with Crippen molar-refractivity contribution in [3.8, 4) is 0 Å². The Kier molecular flexibility index (Phi) is 3.87. The monoisotopic (exact) mass is 158 g/mol. The maximum Gasteiger partial charge on any atom is 0.0825 e. The normalized spacial score (nSPS) is 32.2. The first-order chi connectivity index (χ1) is 5.33. The molecule has 1 unspecified atom stereocenters. The summed E-state index contributed by atoms with van der Waals surface area (Å²) in [6.07, 6.45) is 4.20. The maximum absolute atomic E-state index is 3.88. The fraction of sp³-hybridized carbons (Fsp3) is 1.00. The average molecular weight is 158 g/mol. The van der Waals surface area contributed by atoms with Gasteiger partial charge in [0.2, 0.25) is 0 Å². The van der Waals surface area contributed by atoms with E-state index in [0.717, 1.165) is 12.5 Å². The van der Waals surface area contributed by atoms with E-state index in [9.17, 15) is 0 Å². The van der Waals surface area contributed by atoms with Gasteiger partial charge in [-0.3, -0.25) is 0 Å². The first kappa shape index (κ1) is 9.01. The molecule has 2 nitrogen and oxygen atoms in total. The quantitative estimate of drug-likeness (QED) is 0.524. The summed E-state index contributed by atoms with van der Waals surface area (Å²) < 4.78 is 0. The van der Waals surface area contributed by atoms with Gasteiger partial charge < -0.3 is 10.6 Å². The molecule has 1 rings (SSSR count). The van der Waals surface area contributed by atoms with Crippen LogP contribution in [0.25, 0.3) is 0 Å². The Labute approximate surface area is 69.8 Å². The van der Waals surface area contributed by atoms with Crippen molar-refractivity contribution in [2.24, 2.45) is 5.92 Å². The lowest BCUT2D eigenvalue weighted by Gasteiger charge is -2.27. The summed E-state index contributed by atoms with van der Waals surface area (Å²) in [6, 6.07) is 0. The summed E-state index contributed by atoms with van der Waals surface area (Å²) in [7, 11) is 0. The lowest BCUT2D eigenvalue weighted by atomic mass is 10.0. The zero-order valence-corrected chi connectivity index (χ0v) is 7.73. The van der Waals surface area contributed by atoms with Crippen LogP contribution >= 0.6 is 0 Å². The summed E-state index contributed by atoms with van der Waals surface area (Å²) in [5.41, 5.74) is 3.88. The summed E-state index contributed by atoms with van der Waals surface area (Å²) in [6.45, 7) is 7.65. The Morgan fingerprint density at radius 2 is 2.36 bits per heavy atom. The van der Waals surface area contributed by atoms with Crippen LogP contribution in [0.5, 0.6) is 0 Å². The Morgan fingerprint density at radius 1 is 1.55 bits per heavy atom. The Bertz CT molecular complexity index is 104. The Morgan fingerprint density at radius 3 is 3.00 bits per heavy atom. The molecule has 66 valence electrons. The third-order valence-electron chi connectivity index (χ3n) is 2.64. The highest BCUT2D eigenvalue weighted by Gasteiger charge is 2.18. The molecular formula is C9H22N2+2. The largest absolute Gasteiger partial charge is 0.357 e. The van der Waals surface area contributed by atoms with Crippen LogP contribution < -0.4 is 10.6 Å². The van der Waals surface area contributed by atoms with E-state index >= 15 is 0 Å². The van der Waals surface area contributed by atoms with E-state index in [0.29, 0.717) is 0 Å². The van der Waals surface area contributed by atoms with Crippen LogP contribution in [0.15, 0.2) is 0 Å². The molecule has 1 aliphatic heterocycles. The predicted octanol–water partition coefficient (Wildman–Crippen LogP) is -1.07. The van der Waals surface area contributed by atoms with Gasteiger partial charge >= 0.3 is 0 Å². The van der Waals surface area contributed by atoms with Crippen molar-refractivity contribution >= 4 is 0 Å². The maximum atomic E-state index is 3.88. The van der Waals surface area contributed by atoms with E-state index in [1.807, 2.05) is 4.90 Å². The molecule has 1 saturated heterocycles. The fourth-order valence-corrected chi connectivity index (χ4v) is 2.00. The van der Waals surface area contributed by atoms with E-state index < -0.39 is 0 Å². The molecule has 0 aliphatic carbocycles. The highest BCUT2D eigenvalue weighted by atomic mass is 15.1. The number of quaternary nitrogens is 2. The highest BCUT2D eigenvalue weighted by Crippen LogP contribution is 2.04. The molecule has 0 bridgehead atoms. The molecule has 1 aliphatic rings. The molecule has 0 aromatic carbocycles. The first-order valence-corrected chi connectivity index (χ1v) is 4.95. The van der Waals surface area contributed by atoms with Crippen LogP contribution in [0.1, 0.15) is 26.2 Å². The van der Waals surface area contributed by atoms with Crippen LogP contribution in [0, 0.1) is 5.92 Å². The highest BCUT2D eigenvalue weighted by molar-refractivity contribution is 4.55. The SMILES string of the molecule is C[C@H]1CCC[NH+](CCC[NH3+])C1. The smallest absolute Gasteiger partial charge is 0.0825 e. The minimum Gasteiger partial charge on any atom is -0.357 e. The third-order valence-corrected chi connectivity index (χ3v) is 2.64. The number of piperidine rings is 1. The number of nitrogens with one attached hydrogen (secondary N) is 1. The van der Waals surface area contributed by atoms with Gasteiger partial charge in [-0.2, -0.15) is 0 Å². The van der Waals surface area contributed by atoms with Gasteiger partial charge in [0.05, 0.1) is 26.2 Å². The van der Waals surface area contributed by atoms with Crippen molar-refractivity contribution < 1.29 is 10.6 Å². The van der Waals surface area contributed by atoms with Gasteiger partial charge in [-0.05, 0) is 12.8 Å². The van der Waals surface area contributed by atoms with Gasteiger partial charge in [-0.1, -0.05) is 6.92 Å². The van der Waals surface area contributed by atoms with Crippen LogP contribution in [0.4, 0.5) is 0 Å². The van der Waals surface area contributed by atoms with Crippen molar-refractivity contribution in [1.29, 1.82) is 0 Å². The second kappa shape index (κ2) is 4.73. The molecule has 0 aromatic rings. The molecular weight excluding hydrogens is 136 g/mol. The topological polar surface area (TPSA) is 32.1 Å². The minimum atomic E-state index is 0.962. The number of hydrogen-bond donors (Lipinski definition) is 2. The van der Waals surface area contributed by atoms with Crippen molar-refractivity contribution in [3.05, 3.63) is 0 Å². The van der Waals surface area contributed by atoms with Crippen LogP contribution in [0.3, 0.4) is 0 Å². The Balaban J connectivity index is 2.12. The average Bonchev–Trinajstić information content (AvgIpc) is 2.01. The zero-order chi connectivity index (χ0) is 8.10. The van der Waals surface area contributed by atoms with Gasteiger partial charge in [0.15, 0.2) is 0 Å². The van der Waals surface area contributed by atoms with Crippen molar-refractivity contribution in [2.45, 2.75) is 26.2 Å². The number of hydrogen-bond acceptors (Lipinski definition) is 0. The lowest BCUT2D eigenvalue weighted by molar-refractivity contribution is -0.909. The van der Waals surface area contributed by atoms with Gasteiger partial charge in [-0.15, -0.1) is 0 Å². The third kappa shape index (κ3) is 3.21. The molecule has 0 aromatic heterocycles.